The van der Waals surface area contributed by atoms with Crippen LogP contribution in [0.2, 0.25) is 0 Å². The van der Waals surface area contributed by atoms with E-state index in [2.05, 4.69) is 20.0 Å². The van der Waals surface area contributed by atoms with Crippen LogP contribution in [0, 0.1) is 11.2 Å². The number of hydrogen-bond acceptors (Lipinski definition) is 7. The lowest BCUT2D eigenvalue weighted by molar-refractivity contribution is 0.0174. The Balaban J connectivity index is 1.50. The van der Waals surface area contributed by atoms with E-state index >= 15 is 4.39 Å². The Kier molecular flexibility index (Phi) is 7.77. The van der Waals surface area contributed by atoms with Crippen molar-refractivity contribution in [2.45, 2.75) is 51.1 Å². The standard InChI is InChI=1S/C24H32F3N5O3S/c1-23(26,27)18-5-3-17(4-6-18)13-32(19-7-8-19)22-20(25)21(29-16-30-22)28-14-24(9-11-35-12-10-24)15-31-36(2,33)34/h3-6,16,19,31H,7-15H2,1-2H3,(H,28,29,30). The molecule has 4 rings (SSSR count). The molecule has 2 aromatic rings. The first-order valence-corrected chi connectivity index (χ1v) is 13.9. The van der Waals surface area contributed by atoms with Crippen molar-refractivity contribution in [1.29, 1.82) is 0 Å². The van der Waals surface area contributed by atoms with Gasteiger partial charge in [0.2, 0.25) is 15.8 Å². The van der Waals surface area contributed by atoms with Gasteiger partial charge < -0.3 is 15.0 Å². The monoisotopic (exact) mass is 527 g/mol. The van der Waals surface area contributed by atoms with E-state index in [1.54, 1.807) is 12.1 Å². The molecule has 2 N–H and O–H groups in total. The maximum absolute atomic E-state index is 15.6. The van der Waals surface area contributed by atoms with E-state index in [4.69, 9.17) is 4.74 Å². The summed E-state index contributed by atoms with van der Waals surface area (Å²) in [5, 5.41) is 3.08. The second-order valence-corrected chi connectivity index (χ2v) is 11.7. The molecule has 12 heteroatoms. The van der Waals surface area contributed by atoms with E-state index in [1.807, 2.05) is 4.90 Å². The quantitative estimate of drug-likeness (QED) is 0.461. The zero-order chi connectivity index (χ0) is 26.0. The third-order valence-corrected chi connectivity index (χ3v) is 7.41. The summed E-state index contributed by atoms with van der Waals surface area (Å²) in [5.41, 5.74) is 0.254. The van der Waals surface area contributed by atoms with Crippen molar-refractivity contribution >= 4 is 21.7 Å². The fourth-order valence-corrected chi connectivity index (χ4v) is 4.89. The predicted octanol–water partition coefficient (Wildman–Crippen LogP) is 3.65. The lowest BCUT2D eigenvalue weighted by Gasteiger charge is -2.37. The molecule has 0 spiro atoms. The minimum atomic E-state index is -3.38. The van der Waals surface area contributed by atoms with Crippen LogP contribution in [-0.2, 0) is 27.2 Å². The van der Waals surface area contributed by atoms with Crippen LogP contribution in [0.3, 0.4) is 0 Å². The van der Waals surface area contributed by atoms with Gasteiger partial charge in [-0.05, 0) is 31.2 Å². The van der Waals surface area contributed by atoms with Crippen LogP contribution in [-0.4, -0.2) is 57.0 Å². The average Bonchev–Trinajstić information content (AvgIpc) is 3.66. The molecule has 0 atom stereocenters. The predicted molar refractivity (Wildman–Crippen MR) is 131 cm³/mol. The minimum Gasteiger partial charge on any atom is -0.381 e. The van der Waals surface area contributed by atoms with E-state index in [9.17, 15) is 17.2 Å². The Morgan fingerprint density at radius 1 is 1.14 bits per heavy atom. The number of aromatic nitrogens is 2. The topological polar surface area (TPSA) is 96.5 Å². The number of nitrogens with zero attached hydrogens (tertiary/aromatic N) is 3. The van der Waals surface area contributed by atoms with Crippen molar-refractivity contribution in [3.05, 3.63) is 47.5 Å². The third kappa shape index (κ3) is 6.86. The summed E-state index contributed by atoms with van der Waals surface area (Å²) >= 11 is 0. The Morgan fingerprint density at radius 3 is 2.39 bits per heavy atom. The molecule has 2 fully saturated rings. The van der Waals surface area contributed by atoms with E-state index < -0.39 is 27.2 Å². The highest BCUT2D eigenvalue weighted by Crippen LogP contribution is 2.36. The van der Waals surface area contributed by atoms with Crippen LogP contribution in [0.5, 0.6) is 0 Å². The molecule has 1 saturated carbocycles. The molecule has 36 heavy (non-hydrogen) atoms. The third-order valence-electron chi connectivity index (χ3n) is 6.74. The van der Waals surface area contributed by atoms with E-state index in [-0.39, 0.29) is 29.8 Å². The normalized spacial score (nSPS) is 18.1. The molecule has 2 heterocycles. The molecule has 1 aliphatic heterocycles. The van der Waals surface area contributed by atoms with Gasteiger partial charge in [-0.3, -0.25) is 0 Å². The van der Waals surface area contributed by atoms with Gasteiger partial charge in [0.05, 0.1) is 6.26 Å². The highest BCUT2D eigenvalue weighted by molar-refractivity contribution is 7.88. The maximum Gasteiger partial charge on any atom is 0.270 e. The first kappa shape index (κ1) is 26.6. The first-order chi connectivity index (χ1) is 17.0. The van der Waals surface area contributed by atoms with E-state index in [1.165, 1.54) is 18.5 Å². The average molecular weight is 528 g/mol. The number of ether oxygens (including phenoxy) is 1. The Hall–Kier alpha value is -2.44. The van der Waals surface area contributed by atoms with Gasteiger partial charge in [0.1, 0.15) is 6.33 Å². The fourth-order valence-electron chi connectivity index (χ4n) is 4.32. The van der Waals surface area contributed by atoms with Crippen molar-refractivity contribution < 1.29 is 26.3 Å². The van der Waals surface area contributed by atoms with Crippen LogP contribution < -0.4 is 14.9 Å². The highest BCUT2D eigenvalue weighted by Gasteiger charge is 2.35. The second kappa shape index (κ2) is 10.5. The molecule has 0 bridgehead atoms. The number of rotatable bonds is 11. The molecule has 8 nitrogen and oxygen atoms in total. The Bertz CT molecular complexity index is 1150. The van der Waals surface area contributed by atoms with Crippen LogP contribution in [0.25, 0.3) is 0 Å². The van der Waals surface area contributed by atoms with Crippen LogP contribution in [0.4, 0.5) is 24.8 Å². The molecular formula is C24H32F3N5O3S. The Morgan fingerprint density at radius 2 is 1.81 bits per heavy atom. The van der Waals surface area contributed by atoms with Gasteiger partial charge in [0, 0.05) is 56.8 Å². The fraction of sp³-hybridized carbons (Fsp3) is 0.583. The number of benzene rings is 1. The summed E-state index contributed by atoms with van der Waals surface area (Å²) in [6.45, 7) is 2.68. The van der Waals surface area contributed by atoms with Crippen LogP contribution >= 0.6 is 0 Å². The van der Waals surface area contributed by atoms with Gasteiger partial charge in [-0.2, -0.15) is 4.39 Å². The summed E-state index contributed by atoms with van der Waals surface area (Å²) < 4.78 is 74.1. The number of hydrogen-bond donors (Lipinski definition) is 2. The van der Waals surface area contributed by atoms with Gasteiger partial charge in [0.25, 0.3) is 5.92 Å². The summed E-state index contributed by atoms with van der Waals surface area (Å²) in [7, 11) is -3.38. The molecular weight excluding hydrogens is 495 g/mol. The van der Waals surface area contributed by atoms with Crippen molar-refractivity contribution in [1.82, 2.24) is 14.7 Å². The van der Waals surface area contributed by atoms with Crippen molar-refractivity contribution in [2.24, 2.45) is 5.41 Å². The number of sulfonamides is 1. The SMILES string of the molecule is CC(F)(F)c1ccc(CN(c2ncnc(NCC3(CNS(C)(=O)=O)CCOCC3)c2F)C2CC2)cc1. The molecule has 0 unspecified atom stereocenters. The summed E-state index contributed by atoms with van der Waals surface area (Å²) in [6, 6.07) is 6.15. The molecule has 2 aliphatic rings. The number of nitrogens with one attached hydrogen (secondary N) is 2. The minimum absolute atomic E-state index is 0.0387. The van der Waals surface area contributed by atoms with E-state index in [0.29, 0.717) is 39.1 Å². The van der Waals surface area contributed by atoms with Gasteiger partial charge in [-0.25, -0.2) is 31.9 Å². The summed E-state index contributed by atoms with van der Waals surface area (Å²) in [6.07, 6.45) is 5.40. The molecule has 198 valence electrons. The lowest BCUT2D eigenvalue weighted by atomic mass is 9.80. The second-order valence-electron chi connectivity index (χ2n) is 9.86. The van der Waals surface area contributed by atoms with Crippen molar-refractivity contribution in [2.75, 3.05) is 42.8 Å². The number of alkyl halides is 2. The van der Waals surface area contributed by atoms with Gasteiger partial charge in [0.15, 0.2) is 11.6 Å². The molecule has 1 aromatic carbocycles. The lowest BCUT2D eigenvalue weighted by Crippen LogP contribution is -2.45. The summed E-state index contributed by atoms with van der Waals surface area (Å²) in [5.74, 6) is -3.33. The molecule has 1 aromatic heterocycles. The summed E-state index contributed by atoms with van der Waals surface area (Å²) in [4.78, 5) is 10.1. The first-order valence-electron chi connectivity index (χ1n) is 12.0. The highest BCUT2D eigenvalue weighted by atomic mass is 32.2. The van der Waals surface area contributed by atoms with Gasteiger partial charge >= 0.3 is 0 Å². The zero-order valence-electron chi connectivity index (χ0n) is 20.4. The zero-order valence-corrected chi connectivity index (χ0v) is 21.3. The number of halogens is 3. The molecule has 1 saturated heterocycles. The van der Waals surface area contributed by atoms with Crippen molar-refractivity contribution in [3.63, 3.8) is 0 Å². The van der Waals surface area contributed by atoms with Gasteiger partial charge in [-0.1, -0.05) is 24.3 Å². The van der Waals surface area contributed by atoms with E-state index in [0.717, 1.165) is 31.6 Å². The van der Waals surface area contributed by atoms with Gasteiger partial charge in [-0.15, -0.1) is 0 Å². The van der Waals surface area contributed by atoms with Crippen molar-refractivity contribution in [3.8, 4) is 0 Å². The smallest absolute Gasteiger partial charge is 0.270 e. The number of anilines is 2. The largest absolute Gasteiger partial charge is 0.381 e. The van der Waals surface area contributed by atoms with Crippen LogP contribution in [0.1, 0.15) is 43.7 Å². The Labute approximate surface area is 209 Å². The molecule has 0 amide bonds. The molecule has 0 radical (unpaired) electrons. The maximum atomic E-state index is 15.6. The van der Waals surface area contributed by atoms with Crippen LogP contribution in [0.15, 0.2) is 30.6 Å². The molecule has 1 aliphatic carbocycles.